The van der Waals surface area contributed by atoms with E-state index in [2.05, 4.69) is 97.1 Å². The maximum absolute atomic E-state index is 2.56. The van der Waals surface area contributed by atoms with Crippen molar-refractivity contribution >= 4 is 0 Å². The Balaban J connectivity index is 0.0000000956. The molecule has 0 saturated heterocycles. The fraction of sp³-hybridized carbons (Fsp3) is 0.633. The Kier molecular flexibility index (Phi) is 8.54. The van der Waals surface area contributed by atoms with E-state index >= 15 is 0 Å². The van der Waals surface area contributed by atoms with Crippen molar-refractivity contribution in [3.8, 4) is 0 Å². The lowest BCUT2D eigenvalue weighted by atomic mass is 9.70. The largest absolute Gasteiger partial charge is 0.0851 e. The third kappa shape index (κ3) is 6.18. The van der Waals surface area contributed by atoms with Gasteiger partial charge in [-0.05, 0) is 196 Å². The van der Waals surface area contributed by atoms with Crippen LogP contribution < -0.4 is 0 Å². The summed E-state index contributed by atoms with van der Waals surface area (Å²) < 4.78 is 0. The summed E-state index contributed by atoms with van der Waals surface area (Å²) in [6, 6.07) is 22.2. The second-order valence-electron chi connectivity index (χ2n) is 19.2. The Hall–Kier alpha value is -2.34. The molecular weight excluding hydrogens is 589 g/mol. The Morgan fingerprint density at radius 2 is 1.06 bits per heavy atom. The Bertz CT molecular complexity index is 1510. The summed E-state index contributed by atoms with van der Waals surface area (Å²) in [4.78, 5) is 0. The molecule has 0 aliphatic heterocycles. The highest BCUT2D eigenvalue weighted by Gasteiger charge is 2.52. The maximum Gasteiger partial charge on any atom is -0.0131 e. The maximum atomic E-state index is 2.56. The molecule has 0 nitrogen and oxygen atoms in total. The molecule has 0 heteroatoms. The lowest BCUT2D eigenvalue weighted by Gasteiger charge is -2.35. The van der Waals surface area contributed by atoms with Crippen LogP contribution in [0.4, 0.5) is 0 Å². The predicted octanol–water partition coefficient (Wildman–Crippen LogP) is 12.5. The van der Waals surface area contributed by atoms with Gasteiger partial charge in [0.05, 0.1) is 0 Å². The monoisotopic (exact) mass is 650 g/mol. The van der Waals surface area contributed by atoms with Gasteiger partial charge < -0.3 is 0 Å². The summed E-state index contributed by atoms with van der Waals surface area (Å²) in [6.07, 6.45) is 37.5. The molecule has 2 aromatic rings. The highest BCUT2D eigenvalue weighted by molar-refractivity contribution is 5.24. The van der Waals surface area contributed by atoms with E-state index in [9.17, 15) is 0 Å². The molecule has 10 aliphatic carbocycles. The number of hydrogen-bond acceptors (Lipinski definition) is 0. The molecule has 258 valence electrons. The molecule has 7 fully saturated rings. The second-order valence-corrected chi connectivity index (χ2v) is 19.2. The first-order valence-electron chi connectivity index (χ1n) is 21.3. The molecule has 10 bridgehead atoms. The van der Waals surface area contributed by atoms with E-state index < -0.39 is 0 Å². The first-order valence-corrected chi connectivity index (χ1v) is 21.3. The highest BCUT2D eigenvalue weighted by atomic mass is 14.6. The van der Waals surface area contributed by atoms with E-state index in [0.717, 1.165) is 94.7 Å². The summed E-state index contributed by atoms with van der Waals surface area (Å²) in [5, 5.41) is 0. The lowest BCUT2D eigenvalue weighted by Crippen LogP contribution is -2.26. The van der Waals surface area contributed by atoms with Crippen molar-refractivity contribution in [2.75, 3.05) is 0 Å². The lowest BCUT2D eigenvalue weighted by molar-refractivity contribution is 0.189. The van der Waals surface area contributed by atoms with Gasteiger partial charge in [0.15, 0.2) is 0 Å². The van der Waals surface area contributed by atoms with Crippen LogP contribution in [0.25, 0.3) is 0 Å². The van der Waals surface area contributed by atoms with Gasteiger partial charge in [-0.15, -0.1) is 0 Å². The van der Waals surface area contributed by atoms with Gasteiger partial charge in [0.25, 0.3) is 0 Å². The van der Waals surface area contributed by atoms with Crippen molar-refractivity contribution < 1.29 is 0 Å². The normalized spacial score (nSPS) is 46.4. The van der Waals surface area contributed by atoms with Crippen LogP contribution in [-0.2, 0) is 6.42 Å². The van der Waals surface area contributed by atoms with Crippen molar-refractivity contribution in [3.63, 3.8) is 0 Å². The average molecular weight is 651 g/mol. The van der Waals surface area contributed by atoms with Gasteiger partial charge in [-0.1, -0.05) is 104 Å². The summed E-state index contributed by atoms with van der Waals surface area (Å²) in [6.45, 7) is 0. The summed E-state index contributed by atoms with van der Waals surface area (Å²) in [5.74, 6) is 16.3. The van der Waals surface area contributed by atoms with Gasteiger partial charge >= 0.3 is 0 Å². The van der Waals surface area contributed by atoms with E-state index in [-0.39, 0.29) is 0 Å². The van der Waals surface area contributed by atoms with Crippen LogP contribution in [0, 0.1) is 88.8 Å². The van der Waals surface area contributed by atoms with Gasteiger partial charge in [0.2, 0.25) is 0 Å². The molecule has 10 aliphatic rings. The van der Waals surface area contributed by atoms with Crippen molar-refractivity contribution in [2.45, 2.75) is 102 Å². The zero-order valence-corrected chi connectivity index (χ0v) is 30.1. The minimum Gasteiger partial charge on any atom is -0.0851 e. The number of aryl methyl sites for hydroxylation is 1. The minimum atomic E-state index is 0.881. The van der Waals surface area contributed by atoms with Gasteiger partial charge in [0.1, 0.15) is 0 Å². The molecule has 12 rings (SSSR count). The number of rotatable bonds is 6. The van der Waals surface area contributed by atoms with Crippen LogP contribution in [-0.4, -0.2) is 0 Å². The van der Waals surface area contributed by atoms with Crippen molar-refractivity contribution in [2.24, 2.45) is 88.8 Å². The molecule has 7 saturated carbocycles. The van der Waals surface area contributed by atoms with Crippen LogP contribution in [0.3, 0.4) is 0 Å². The minimum absolute atomic E-state index is 0.881. The van der Waals surface area contributed by atoms with Crippen molar-refractivity contribution in [3.05, 3.63) is 108 Å². The van der Waals surface area contributed by atoms with E-state index in [1.54, 1.807) is 37.7 Å². The van der Waals surface area contributed by atoms with Gasteiger partial charge in [-0.25, -0.2) is 0 Å². The fourth-order valence-electron chi connectivity index (χ4n) is 14.6. The molecular formula is C49H62. The molecule has 16 unspecified atom stereocenters. The molecule has 0 N–H and O–H groups in total. The highest BCUT2D eigenvalue weighted by Crippen LogP contribution is 2.62. The topological polar surface area (TPSA) is 0 Å². The smallest absolute Gasteiger partial charge is 0.0131 e. The fourth-order valence-corrected chi connectivity index (χ4v) is 14.6. The molecule has 16 atom stereocenters. The first-order chi connectivity index (χ1) is 24.2. The van der Waals surface area contributed by atoms with Crippen molar-refractivity contribution in [1.82, 2.24) is 0 Å². The summed E-state index contributed by atoms with van der Waals surface area (Å²) in [5.41, 5.74) is 3.12. The molecule has 49 heavy (non-hydrogen) atoms. The van der Waals surface area contributed by atoms with E-state index in [1.807, 2.05) is 0 Å². The van der Waals surface area contributed by atoms with Crippen LogP contribution in [0.5, 0.6) is 0 Å². The first kappa shape index (κ1) is 31.4. The standard InChI is InChI=1S/C20H24.C15H18.C14H20/c1-2-4-14(5-3-1)18-11-17-10-16(18)12-20(17)19-9-13-6-7-15(19)8-13;1-2-4-12(5-3-1)6-8-14-10-13-7-9-15(14)11-13;1-3-11-5-9(1)7-13(11)14-8-10-2-4-12(14)6-10/h1-7,13,15-20H,8-12H2;1-5,7,9,13-15H,6,8,10-11H2;1,3,9-14H,2,4-8H2. The zero-order chi connectivity index (χ0) is 32.3. The molecule has 2 aromatic carbocycles. The Morgan fingerprint density at radius 1 is 0.429 bits per heavy atom. The Labute approximate surface area is 298 Å². The quantitative estimate of drug-likeness (QED) is 0.273. The number of fused-ring (bicyclic) bond motifs is 10. The van der Waals surface area contributed by atoms with Crippen LogP contribution >= 0.6 is 0 Å². The average Bonchev–Trinajstić information content (AvgIpc) is 4.00. The van der Waals surface area contributed by atoms with E-state index in [0.29, 0.717) is 0 Å². The third-order valence-electron chi connectivity index (χ3n) is 16.8. The summed E-state index contributed by atoms with van der Waals surface area (Å²) >= 11 is 0. The molecule has 0 heterocycles. The molecule has 0 spiro atoms. The van der Waals surface area contributed by atoms with Crippen molar-refractivity contribution in [1.29, 1.82) is 0 Å². The van der Waals surface area contributed by atoms with Crippen LogP contribution in [0.1, 0.15) is 107 Å². The second kappa shape index (κ2) is 13.3. The SMILES string of the molecule is C1=CC2CC1CC2C1CC2CC1CC2c1ccccc1.C1=CC2CC1CC2C1CC2CCC1C2.C1=CC2CC1CC2CCc1ccccc1. The van der Waals surface area contributed by atoms with E-state index in [4.69, 9.17) is 0 Å². The Morgan fingerprint density at radius 3 is 1.57 bits per heavy atom. The predicted molar refractivity (Wildman–Crippen MR) is 204 cm³/mol. The molecule has 0 radical (unpaired) electrons. The van der Waals surface area contributed by atoms with Crippen LogP contribution in [0.15, 0.2) is 97.1 Å². The van der Waals surface area contributed by atoms with Gasteiger partial charge in [-0.3, -0.25) is 0 Å². The number of hydrogen-bond donors (Lipinski definition) is 0. The zero-order valence-electron chi connectivity index (χ0n) is 30.1. The summed E-state index contributed by atoms with van der Waals surface area (Å²) in [7, 11) is 0. The molecule has 0 amide bonds. The number of allylic oxidation sites excluding steroid dienone is 6. The third-order valence-corrected chi connectivity index (χ3v) is 16.8. The van der Waals surface area contributed by atoms with E-state index in [1.165, 1.54) is 69.8 Å². The van der Waals surface area contributed by atoms with Gasteiger partial charge in [-0.2, -0.15) is 0 Å². The molecule has 0 aromatic heterocycles. The number of benzene rings is 2. The van der Waals surface area contributed by atoms with Crippen LogP contribution in [0.2, 0.25) is 0 Å². The van der Waals surface area contributed by atoms with Gasteiger partial charge in [0, 0.05) is 0 Å².